The average Bonchev–Trinajstić information content (AvgIpc) is 3.19. The van der Waals surface area contributed by atoms with Gasteiger partial charge in [-0.1, -0.05) is 30.3 Å². The average molecular weight is 437 g/mol. The number of hydrogen-bond donors (Lipinski definition) is 0. The molecule has 0 saturated heterocycles. The van der Waals surface area contributed by atoms with E-state index in [1.807, 2.05) is 60.5 Å². The molecule has 0 bridgehead atoms. The van der Waals surface area contributed by atoms with E-state index < -0.39 is 6.43 Å². The van der Waals surface area contributed by atoms with Gasteiger partial charge in [-0.25, -0.2) is 13.2 Å². The Morgan fingerprint density at radius 3 is 2.58 bits per heavy atom. The molecular weight excluding hydrogens is 422 g/mol. The number of rotatable bonds is 4. The maximum Gasteiger partial charge on any atom is 0.280 e. The van der Waals surface area contributed by atoms with Crippen molar-refractivity contribution in [2.24, 2.45) is 0 Å². The highest BCUT2D eigenvalue weighted by Crippen LogP contribution is 2.33. The van der Waals surface area contributed by atoms with E-state index in [2.05, 4.69) is 20.2 Å². The third kappa shape index (κ3) is 3.34. The zero-order chi connectivity index (χ0) is 21.5. The molecule has 0 fully saturated rings. The van der Waals surface area contributed by atoms with Crippen LogP contribution in [0.5, 0.6) is 0 Å². The molecule has 5 aromatic rings. The lowest BCUT2D eigenvalue weighted by Gasteiger charge is -2.21. The smallest absolute Gasteiger partial charge is 0.280 e. The summed E-state index contributed by atoms with van der Waals surface area (Å²) in [7, 11) is 1.90. The van der Waals surface area contributed by atoms with E-state index in [1.165, 1.54) is 12.3 Å². The van der Waals surface area contributed by atoms with Crippen LogP contribution in [0.4, 0.5) is 20.3 Å². The van der Waals surface area contributed by atoms with Crippen LogP contribution in [0.2, 0.25) is 5.28 Å². The standard InChI is InChI=1S/C22H15ClF2N6/c1-30(15-6-4-5-13(11-15)14-9-10-17(19(24)25)26-12-14)20-16-7-2-3-8-18(16)31-21(23)28-29-22(31)27-20/h2-12,19H,1H3. The number of halogens is 3. The Hall–Kier alpha value is -3.65. The number of para-hydroxylation sites is 1. The predicted octanol–water partition coefficient (Wildman–Crippen LogP) is 5.70. The van der Waals surface area contributed by atoms with Crippen molar-refractivity contribution >= 4 is 39.8 Å². The minimum absolute atomic E-state index is 0.243. The maximum atomic E-state index is 12.8. The van der Waals surface area contributed by atoms with Gasteiger partial charge in [-0.05, 0) is 47.5 Å². The molecule has 0 saturated carbocycles. The molecule has 6 nitrogen and oxygen atoms in total. The highest BCUT2D eigenvalue weighted by Gasteiger charge is 2.17. The van der Waals surface area contributed by atoms with Crippen molar-refractivity contribution in [3.05, 3.63) is 77.8 Å². The summed E-state index contributed by atoms with van der Waals surface area (Å²) in [6, 6.07) is 18.4. The lowest BCUT2D eigenvalue weighted by Crippen LogP contribution is -2.13. The normalized spacial score (nSPS) is 11.5. The second kappa shape index (κ2) is 7.55. The maximum absolute atomic E-state index is 12.8. The number of anilines is 2. The highest BCUT2D eigenvalue weighted by molar-refractivity contribution is 6.29. The second-order valence-corrected chi connectivity index (χ2v) is 7.28. The monoisotopic (exact) mass is 436 g/mol. The van der Waals surface area contributed by atoms with Gasteiger partial charge in [0.25, 0.3) is 12.2 Å². The van der Waals surface area contributed by atoms with Crippen molar-refractivity contribution in [1.29, 1.82) is 0 Å². The first-order valence-corrected chi connectivity index (χ1v) is 9.78. The summed E-state index contributed by atoms with van der Waals surface area (Å²) in [5.41, 5.74) is 3.06. The summed E-state index contributed by atoms with van der Waals surface area (Å²) in [5, 5.41) is 9.12. The van der Waals surface area contributed by atoms with Crippen molar-refractivity contribution < 1.29 is 8.78 Å². The summed E-state index contributed by atoms with van der Waals surface area (Å²) in [6.45, 7) is 0. The van der Waals surface area contributed by atoms with Crippen LogP contribution in [0.25, 0.3) is 27.8 Å². The Bertz CT molecular complexity index is 1400. The Balaban J connectivity index is 1.60. The summed E-state index contributed by atoms with van der Waals surface area (Å²) in [6.07, 6.45) is -1.13. The molecule has 2 aromatic carbocycles. The summed E-state index contributed by atoms with van der Waals surface area (Å²) in [4.78, 5) is 10.5. The summed E-state index contributed by atoms with van der Waals surface area (Å²) < 4.78 is 27.3. The molecule has 0 aliphatic heterocycles. The summed E-state index contributed by atoms with van der Waals surface area (Å²) in [5.74, 6) is 1.09. The Morgan fingerprint density at radius 2 is 1.81 bits per heavy atom. The van der Waals surface area contributed by atoms with E-state index in [0.717, 1.165) is 27.7 Å². The SMILES string of the molecule is CN(c1cccc(-c2ccc(C(F)F)nc2)c1)c1nc2nnc(Cl)n2c2ccccc12. The molecule has 0 aliphatic carbocycles. The first-order chi connectivity index (χ1) is 15.0. The van der Waals surface area contributed by atoms with E-state index in [-0.39, 0.29) is 11.0 Å². The Morgan fingerprint density at radius 1 is 0.968 bits per heavy atom. The van der Waals surface area contributed by atoms with Gasteiger partial charge in [-0.3, -0.25) is 4.98 Å². The quantitative estimate of drug-likeness (QED) is 0.362. The number of pyridine rings is 1. The van der Waals surface area contributed by atoms with Crippen molar-refractivity contribution in [3.8, 4) is 11.1 Å². The number of benzene rings is 2. The zero-order valence-electron chi connectivity index (χ0n) is 16.2. The molecule has 0 unspecified atom stereocenters. The molecule has 154 valence electrons. The molecule has 0 aliphatic rings. The number of fused-ring (bicyclic) bond motifs is 3. The van der Waals surface area contributed by atoms with E-state index >= 15 is 0 Å². The van der Waals surface area contributed by atoms with Crippen molar-refractivity contribution in [3.63, 3.8) is 0 Å². The fourth-order valence-electron chi connectivity index (χ4n) is 3.53. The van der Waals surface area contributed by atoms with Gasteiger partial charge in [0.2, 0.25) is 5.28 Å². The Labute approximate surface area is 180 Å². The summed E-state index contributed by atoms with van der Waals surface area (Å²) >= 11 is 6.20. The van der Waals surface area contributed by atoms with Crippen molar-refractivity contribution in [1.82, 2.24) is 24.6 Å². The van der Waals surface area contributed by atoms with Crippen molar-refractivity contribution in [2.45, 2.75) is 6.43 Å². The third-order valence-corrected chi connectivity index (χ3v) is 5.34. The highest BCUT2D eigenvalue weighted by atomic mass is 35.5. The van der Waals surface area contributed by atoms with Gasteiger partial charge in [0.1, 0.15) is 11.5 Å². The van der Waals surface area contributed by atoms with Crippen LogP contribution < -0.4 is 4.90 Å². The predicted molar refractivity (Wildman–Crippen MR) is 116 cm³/mol. The van der Waals surface area contributed by atoms with Gasteiger partial charge >= 0.3 is 0 Å². The van der Waals surface area contributed by atoms with E-state index in [4.69, 9.17) is 11.6 Å². The molecule has 9 heteroatoms. The molecule has 3 heterocycles. The molecule has 0 amide bonds. The molecule has 0 atom stereocenters. The molecular formula is C22H15ClF2N6. The molecule has 3 aromatic heterocycles. The van der Waals surface area contributed by atoms with Crippen LogP contribution in [0.3, 0.4) is 0 Å². The van der Waals surface area contributed by atoms with Gasteiger partial charge in [-0.2, -0.15) is 4.98 Å². The van der Waals surface area contributed by atoms with E-state index in [0.29, 0.717) is 11.6 Å². The van der Waals surface area contributed by atoms with Crippen molar-refractivity contribution in [2.75, 3.05) is 11.9 Å². The van der Waals surface area contributed by atoms with Crippen LogP contribution >= 0.6 is 11.6 Å². The van der Waals surface area contributed by atoms with Gasteiger partial charge < -0.3 is 4.90 Å². The first-order valence-electron chi connectivity index (χ1n) is 9.40. The molecule has 31 heavy (non-hydrogen) atoms. The van der Waals surface area contributed by atoms with Crippen LogP contribution in [0, 0.1) is 0 Å². The molecule has 5 rings (SSSR count). The molecule has 0 N–H and O–H groups in total. The minimum Gasteiger partial charge on any atom is -0.329 e. The number of nitrogens with zero attached hydrogens (tertiary/aromatic N) is 6. The van der Waals surface area contributed by atoms with Gasteiger partial charge in [0, 0.05) is 29.9 Å². The van der Waals surface area contributed by atoms with Gasteiger partial charge in [-0.15, -0.1) is 10.2 Å². The van der Waals surface area contributed by atoms with Crippen LogP contribution in [0.15, 0.2) is 66.9 Å². The minimum atomic E-state index is -2.59. The number of aromatic nitrogens is 5. The van der Waals surface area contributed by atoms with E-state index in [1.54, 1.807) is 10.5 Å². The largest absolute Gasteiger partial charge is 0.329 e. The van der Waals surface area contributed by atoms with Crippen LogP contribution in [-0.4, -0.2) is 31.6 Å². The fourth-order valence-corrected chi connectivity index (χ4v) is 3.73. The van der Waals surface area contributed by atoms with E-state index in [9.17, 15) is 8.78 Å². The lowest BCUT2D eigenvalue weighted by molar-refractivity contribution is 0.146. The van der Waals surface area contributed by atoms with Crippen LogP contribution in [0.1, 0.15) is 12.1 Å². The topological polar surface area (TPSA) is 59.2 Å². The second-order valence-electron chi connectivity index (χ2n) is 6.94. The number of alkyl halides is 2. The number of hydrogen-bond acceptors (Lipinski definition) is 5. The zero-order valence-corrected chi connectivity index (χ0v) is 17.0. The first kappa shape index (κ1) is 19.3. The lowest BCUT2D eigenvalue weighted by atomic mass is 10.1. The van der Waals surface area contributed by atoms with Gasteiger partial charge in [0.05, 0.1) is 5.52 Å². The Kier molecular flexibility index (Phi) is 4.71. The van der Waals surface area contributed by atoms with Crippen LogP contribution in [-0.2, 0) is 0 Å². The molecule has 0 radical (unpaired) electrons. The van der Waals surface area contributed by atoms with Gasteiger partial charge in [0.15, 0.2) is 0 Å². The third-order valence-electron chi connectivity index (χ3n) is 5.09. The fraction of sp³-hybridized carbons (Fsp3) is 0.0909. The molecule has 0 spiro atoms.